The highest BCUT2D eigenvalue weighted by Crippen LogP contribution is 2.21. The van der Waals surface area contributed by atoms with Gasteiger partial charge in [-0.25, -0.2) is 4.39 Å². The Labute approximate surface area is 124 Å². The Morgan fingerprint density at radius 2 is 2.00 bits per heavy atom. The summed E-state index contributed by atoms with van der Waals surface area (Å²) in [6, 6.07) is 5.42. The Bertz CT molecular complexity index is 382. The molecule has 0 heterocycles. The van der Waals surface area contributed by atoms with Crippen molar-refractivity contribution in [2.45, 2.75) is 39.3 Å². The lowest BCUT2D eigenvalue weighted by atomic mass is 10.1. The predicted molar refractivity (Wildman–Crippen MR) is 80.8 cm³/mol. The first-order valence-corrected chi connectivity index (χ1v) is 7.58. The molecule has 0 unspecified atom stereocenters. The third-order valence-corrected chi connectivity index (χ3v) is 4.17. The Balaban J connectivity index is 2.80. The van der Waals surface area contributed by atoms with Crippen LogP contribution < -0.4 is 0 Å². The van der Waals surface area contributed by atoms with Crippen molar-refractivity contribution in [1.82, 2.24) is 4.90 Å². The normalized spacial score (nSPS) is 11.5. The zero-order valence-electron chi connectivity index (χ0n) is 12.0. The summed E-state index contributed by atoms with van der Waals surface area (Å²) in [5.74, 6) is -0.207. The molecule has 1 aromatic carbocycles. The molecule has 4 heteroatoms. The van der Waals surface area contributed by atoms with Crippen LogP contribution in [-0.4, -0.2) is 31.2 Å². The average molecular weight is 332 g/mol. The lowest BCUT2D eigenvalue weighted by molar-refractivity contribution is 0.110. The molecular formula is C15H23BrFNO. The maximum Gasteiger partial charge on any atom is 0.124 e. The fourth-order valence-electron chi connectivity index (χ4n) is 2.27. The van der Waals surface area contributed by atoms with Gasteiger partial charge in [-0.15, -0.1) is 0 Å². The summed E-state index contributed by atoms with van der Waals surface area (Å²) in [7, 11) is 1.72. The molecule has 0 aliphatic heterocycles. The molecule has 1 aromatic rings. The zero-order chi connectivity index (χ0) is 14.3. The molecule has 0 saturated heterocycles. The van der Waals surface area contributed by atoms with Crippen molar-refractivity contribution in [3.63, 3.8) is 0 Å². The molecule has 0 fully saturated rings. The van der Waals surface area contributed by atoms with Gasteiger partial charge in [0.05, 0.1) is 6.61 Å². The van der Waals surface area contributed by atoms with Crippen molar-refractivity contribution >= 4 is 15.9 Å². The second kappa shape index (κ2) is 8.67. The van der Waals surface area contributed by atoms with Crippen LogP contribution in [0.4, 0.5) is 4.39 Å². The first-order chi connectivity index (χ1) is 9.12. The van der Waals surface area contributed by atoms with E-state index in [9.17, 15) is 4.39 Å². The van der Waals surface area contributed by atoms with Gasteiger partial charge in [-0.1, -0.05) is 35.8 Å². The maximum atomic E-state index is 13.1. The maximum absolute atomic E-state index is 13.1. The van der Waals surface area contributed by atoms with E-state index < -0.39 is 0 Å². The molecule has 0 atom stereocenters. The van der Waals surface area contributed by atoms with Gasteiger partial charge in [0.2, 0.25) is 0 Å². The van der Waals surface area contributed by atoms with Crippen LogP contribution in [0.3, 0.4) is 0 Å². The van der Waals surface area contributed by atoms with Crippen LogP contribution in [0.2, 0.25) is 0 Å². The number of hydrogen-bond acceptors (Lipinski definition) is 2. The second-order valence-corrected chi connectivity index (χ2v) is 5.52. The van der Waals surface area contributed by atoms with Gasteiger partial charge in [-0.2, -0.15) is 0 Å². The highest BCUT2D eigenvalue weighted by Gasteiger charge is 2.16. The minimum atomic E-state index is -0.207. The van der Waals surface area contributed by atoms with Gasteiger partial charge in [-0.3, -0.25) is 4.90 Å². The molecule has 0 N–H and O–H groups in total. The molecule has 0 aliphatic rings. The summed E-state index contributed by atoms with van der Waals surface area (Å²) in [5.41, 5.74) is 1.12. The van der Waals surface area contributed by atoms with Crippen LogP contribution >= 0.6 is 15.9 Å². The van der Waals surface area contributed by atoms with Crippen LogP contribution in [-0.2, 0) is 11.3 Å². The van der Waals surface area contributed by atoms with Gasteiger partial charge in [0.15, 0.2) is 0 Å². The highest BCUT2D eigenvalue weighted by atomic mass is 79.9. The molecule has 0 radical (unpaired) electrons. The van der Waals surface area contributed by atoms with Crippen LogP contribution in [0.25, 0.3) is 0 Å². The second-order valence-electron chi connectivity index (χ2n) is 4.67. The summed E-state index contributed by atoms with van der Waals surface area (Å²) in [6.07, 6.45) is 2.22. The summed E-state index contributed by atoms with van der Waals surface area (Å²) >= 11 is 3.44. The minimum Gasteiger partial charge on any atom is -0.383 e. The van der Waals surface area contributed by atoms with Gasteiger partial charge in [0.1, 0.15) is 5.82 Å². The molecular weight excluding hydrogens is 309 g/mol. The molecule has 0 spiro atoms. The molecule has 2 nitrogen and oxygen atoms in total. The topological polar surface area (TPSA) is 12.5 Å². The summed E-state index contributed by atoms with van der Waals surface area (Å²) in [6.45, 7) is 6.83. The van der Waals surface area contributed by atoms with E-state index in [-0.39, 0.29) is 5.82 Å². The van der Waals surface area contributed by atoms with E-state index in [1.165, 1.54) is 12.1 Å². The number of benzene rings is 1. The smallest absolute Gasteiger partial charge is 0.124 e. The molecule has 0 bridgehead atoms. The molecule has 108 valence electrons. The standard InChI is InChI=1S/C15H23BrFNO/c1-4-14(5-2)18(8-9-19-3)11-12-6-7-13(17)10-15(12)16/h6-7,10,14H,4-5,8-9,11H2,1-3H3. The fourth-order valence-corrected chi connectivity index (χ4v) is 2.75. The molecule has 19 heavy (non-hydrogen) atoms. The lowest BCUT2D eigenvalue weighted by Crippen LogP contribution is -2.36. The van der Waals surface area contributed by atoms with E-state index in [1.54, 1.807) is 7.11 Å². The Hall–Kier alpha value is -0.450. The third kappa shape index (κ3) is 5.21. The molecule has 0 aliphatic carbocycles. The van der Waals surface area contributed by atoms with Crippen molar-refractivity contribution < 1.29 is 9.13 Å². The van der Waals surface area contributed by atoms with Crippen LogP contribution in [0.1, 0.15) is 32.3 Å². The SMILES string of the molecule is CCC(CC)N(CCOC)Cc1ccc(F)cc1Br. The van der Waals surface area contributed by atoms with Gasteiger partial charge < -0.3 is 4.74 Å². The van der Waals surface area contributed by atoms with E-state index >= 15 is 0 Å². The number of rotatable bonds is 8. The van der Waals surface area contributed by atoms with Crippen molar-refractivity contribution in [3.8, 4) is 0 Å². The summed E-state index contributed by atoms with van der Waals surface area (Å²) in [5, 5.41) is 0. The number of methoxy groups -OCH3 is 1. The Kier molecular flexibility index (Phi) is 7.57. The van der Waals surface area contributed by atoms with Crippen molar-refractivity contribution in [2.75, 3.05) is 20.3 Å². The third-order valence-electron chi connectivity index (χ3n) is 3.43. The highest BCUT2D eigenvalue weighted by molar-refractivity contribution is 9.10. The van der Waals surface area contributed by atoms with Gasteiger partial charge in [0.25, 0.3) is 0 Å². The first-order valence-electron chi connectivity index (χ1n) is 6.79. The molecule has 0 amide bonds. The van der Waals surface area contributed by atoms with Crippen molar-refractivity contribution in [2.24, 2.45) is 0 Å². The van der Waals surface area contributed by atoms with E-state index in [0.717, 1.165) is 42.6 Å². The van der Waals surface area contributed by atoms with Crippen molar-refractivity contribution in [1.29, 1.82) is 0 Å². The number of hydrogen-bond donors (Lipinski definition) is 0. The number of halogens is 2. The van der Waals surface area contributed by atoms with Gasteiger partial charge in [-0.05, 0) is 30.5 Å². The lowest BCUT2D eigenvalue weighted by Gasteiger charge is -2.30. The van der Waals surface area contributed by atoms with E-state index in [1.807, 2.05) is 6.07 Å². The van der Waals surface area contributed by atoms with Gasteiger partial charge >= 0.3 is 0 Å². The van der Waals surface area contributed by atoms with E-state index in [0.29, 0.717) is 6.04 Å². The van der Waals surface area contributed by atoms with E-state index in [2.05, 4.69) is 34.7 Å². The van der Waals surface area contributed by atoms with Crippen LogP contribution in [0.15, 0.2) is 22.7 Å². The van der Waals surface area contributed by atoms with E-state index in [4.69, 9.17) is 4.74 Å². The van der Waals surface area contributed by atoms with Crippen LogP contribution in [0, 0.1) is 5.82 Å². The molecule has 0 aromatic heterocycles. The largest absolute Gasteiger partial charge is 0.383 e. The van der Waals surface area contributed by atoms with Crippen LogP contribution in [0.5, 0.6) is 0 Å². The average Bonchev–Trinajstić information content (AvgIpc) is 2.39. The Morgan fingerprint density at radius 3 is 2.53 bits per heavy atom. The number of ether oxygens (including phenoxy) is 1. The minimum absolute atomic E-state index is 0.207. The summed E-state index contributed by atoms with van der Waals surface area (Å²) in [4.78, 5) is 2.40. The molecule has 1 rings (SSSR count). The Morgan fingerprint density at radius 1 is 1.32 bits per heavy atom. The quantitative estimate of drug-likeness (QED) is 0.706. The summed E-state index contributed by atoms with van der Waals surface area (Å²) < 4.78 is 19.1. The predicted octanol–water partition coefficient (Wildman–Crippen LogP) is 4.23. The van der Waals surface area contributed by atoms with Gasteiger partial charge in [0, 0.05) is 30.7 Å². The van der Waals surface area contributed by atoms with Crippen molar-refractivity contribution in [3.05, 3.63) is 34.1 Å². The first kappa shape index (κ1) is 16.6. The number of nitrogens with zero attached hydrogens (tertiary/aromatic N) is 1. The monoisotopic (exact) mass is 331 g/mol. The zero-order valence-corrected chi connectivity index (χ0v) is 13.5. The fraction of sp³-hybridized carbons (Fsp3) is 0.600. The molecule has 0 saturated carbocycles.